The molecule has 3 rings (SSSR count). The Labute approximate surface area is 155 Å². The largest absolute Gasteiger partial charge is 0.459 e. The molecular formula is C20H30N2O4. The van der Waals surface area contributed by atoms with Crippen LogP contribution in [-0.4, -0.2) is 59.5 Å². The molecule has 6 nitrogen and oxygen atoms in total. The van der Waals surface area contributed by atoms with Gasteiger partial charge in [0.25, 0.3) is 5.91 Å². The van der Waals surface area contributed by atoms with Crippen molar-refractivity contribution in [1.29, 1.82) is 0 Å². The molecule has 1 aromatic rings. The lowest BCUT2D eigenvalue weighted by atomic mass is 9.89. The maximum absolute atomic E-state index is 12.6. The minimum Gasteiger partial charge on any atom is -0.459 e. The van der Waals surface area contributed by atoms with Crippen LogP contribution in [0.15, 0.2) is 22.8 Å². The molecule has 2 saturated heterocycles. The normalized spacial score (nSPS) is 25.6. The highest BCUT2D eigenvalue weighted by Gasteiger charge is 2.44. The standard InChI is InChI=1S/C20H30N2O4/c1-3-21(4-2)18(23)9-8-16-10-12-20(26-16)11-6-13-22(15-20)19(24)17-7-5-14-25-17/h5,7,14,16H,3-4,6,8-13,15H2,1-2H3/t16-,20-/m0/s1. The highest BCUT2D eigenvalue weighted by molar-refractivity contribution is 5.91. The molecule has 2 fully saturated rings. The molecule has 0 aromatic carbocycles. The van der Waals surface area contributed by atoms with Crippen molar-refractivity contribution < 1.29 is 18.7 Å². The van der Waals surface area contributed by atoms with Gasteiger partial charge in [0.05, 0.1) is 24.5 Å². The Balaban J connectivity index is 1.53. The van der Waals surface area contributed by atoms with Crippen LogP contribution in [0.4, 0.5) is 0 Å². The average Bonchev–Trinajstić information content (AvgIpc) is 3.31. The summed E-state index contributed by atoms with van der Waals surface area (Å²) in [6.07, 6.45) is 6.80. The van der Waals surface area contributed by atoms with E-state index >= 15 is 0 Å². The molecule has 144 valence electrons. The van der Waals surface area contributed by atoms with Crippen molar-refractivity contribution in [3.8, 4) is 0 Å². The summed E-state index contributed by atoms with van der Waals surface area (Å²) in [5, 5.41) is 0. The van der Waals surface area contributed by atoms with Crippen LogP contribution in [-0.2, 0) is 9.53 Å². The van der Waals surface area contributed by atoms with Crippen molar-refractivity contribution in [2.24, 2.45) is 0 Å². The Bertz CT molecular complexity index is 611. The second kappa shape index (κ2) is 8.25. The number of amides is 2. The summed E-state index contributed by atoms with van der Waals surface area (Å²) in [4.78, 5) is 28.5. The first-order chi connectivity index (χ1) is 12.6. The number of nitrogens with zero attached hydrogens (tertiary/aromatic N) is 2. The molecule has 1 aromatic heterocycles. The SMILES string of the molecule is CCN(CC)C(=O)CC[C@H]1CC[C@]2(CCCN(C(=O)c3ccco3)C2)O1. The minimum absolute atomic E-state index is 0.0576. The maximum atomic E-state index is 12.6. The van der Waals surface area contributed by atoms with E-state index in [0.717, 1.165) is 51.7 Å². The van der Waals surface area contributed by atoms with Gasteiger partial charge in [0.2, 0.25) is 5.91 Å². The molecule has 26 heavy (non-hydrogen) atoms. The van der Waals surface area contributed by atoms with Gasteiger partial charge in [-0.3, -0.25) is 9.59 Å². The summed E-state index contributed by atoms with van der Waals surface area (Å²) >= 11 is 0. The van der Waals surface area contributed by atoms with E-state index < -0.39 is 0 Å². The predicted molar refractivity (Wildman–Crippen MR) is 97.8 cm³/mol. The Morgan fingerprint density at radius 2 is 2.12 bits per heavy atom. The van der Waals surface area contributed by atoms with Crippen LogP contribution in [0.5, 0.6) is 0 Å². The van der Waals surface area contributed by atoms with Crippen molar-refractivity contribution in [1.82, 2.24) is 9.80 Å². The van der Waals surface area contributed by atoms with Gasteiger partial charge in [-0.05, 0) is 58.1 Å². The summed E-state index contributed by atoms with van der Waals surface area (Å²) in [7, 11) is 0. The Morgan fingerprint density at radius 3 is 2.81 bits per heavy atom. The summed E-state index contributed by atoms with van der Waals surface area (Å²) < 4.78 is 11.6. The number of ether oxygens (including phenoxy) is 1. The van der Waals surface area contributed by atoms with Gasteiger partial charge in [-0.15, -0.1) is 0 Å². The van der Waals surface area contributed by atoms with Gasteiger partial charge in [0.15, 0.2) is 5.76 Å². The first-order valence-electron chi connectivity index (χ1n) is 9.85. The van der Waals surface area contributed by atoms with E-state index in [2.05, 4.69) is 0 Å². The molecule has 0 radical (unpaired) electrons. The minimum atomic E-state index is -0.247. The fraction of sp³-hybridized carbons (Fsp3) is 0.700. The van der Waals surface area contributed by atoms with Crippen molar-refractivity contribution in [2.45, 2.75) is 64.1 Å². The van der Waals surface area contributed by atoms with Crippen molar-refractivity contribution in [3.05, 3.63) is 24.2 Å². The third-order valence-corrected chi connectivity index (χ3v) is 5.69. The molecule has 6 heteroatoms. The van der Waals surface area contributed by atoms with Crippen LogP contribution in [0.2, 0.25) is 0 Å². The molecule has 0 saturated carbocycles. The number of piperidine rings is 1. The highest BCUT2D eigenvalue weighted by Crippen LogP contribution is 2.39. The Morgan fingerprint density at radius 1 is 1.31 bits per heavy atom. The van der Waals surface area contributed by atoms with Crippen molar-refractivity contribution >= 4 is 11.8 Å². The van der Waals surface area contributed by atoms with E-state index in [1.165, 1.54) is 6.26 Å². The van der Waals surface area contributed by atoms with Gasteiger partial charge < -0.3 is 19.0 Å². The smallest absolute Gasteiger partial charge is 0.289 e. The predicted octanol–water partition coefficient (Wildman–Crippen LogP) is 3.08. The van der Waals surface area contributed by atoms with Crippen LogP contribution in [0, 0.1) is 0 Å². The number of likely N-dealkylation sites (tertiary alicyclic amines) is 1. The molecule has 0 bridgehead atoms. The lowest BCUT2D eigenvalue weighted by Gasteiger charge is -2.40. The third kappa shape index (κ3) is 4.11. The third-order valence-electron chi connectivity index (χ3n) is 5.69. The average molecular weight is 362 g/mol. The number of carbonyl (C=O) groups is 2. The Hall–Kier alpha value is -1.82. The van der Waals surface area contributed by atoms with Gasteiger partial charge >= 0.3 is 0 Å². The number of furan rings is 1. The van der Waals surface area contributed by atoms with E-state index in [1.54, 1.807) is 12.1 Å². The highest BCUT2D eigenvalue weighted by atomic mass is 16.5. The second-order valence-electron chi connectivity index (χ2n) is 7.37. The molecule has 2 aliphatic rings. The summed E-state index contributed by atoms with van der Waals surface area (Å²) in [6, 6.07) is 3.45. The topological polar surface area (TPSA) is 63.0 Å². The second-order valence-corrected chi connectivity index (χ2v) is 7.37. The Kier molecular flexibility index (Phi) is 6.01. The molecule has 2 amide bonds. The molecule has 2 aliphatic heterocycles. The van der Waals surface area contributed by atoms with Crippen molar-refractivity contribution in [3.63, 3.8) is 0 Å². The van der Waals surface area contributed by atoms with E-state index in [9.17, 15) is 9.59 Å². The van der Waals surface area contributed by atoms with Gasteiger partial charge in [0, 0.05) is 26.1 Å². The summed E-state index contributed by atoms with van der Waals surface area (Å²) in [5.41, 5.74) is -0.247. The van der Waals surface area contributed by atoms with E-state index in [4.69, 9.17) is 9.15 Å². The molecule has 2 atom stereocenters. The summed E-state index contributed by atoms with van der Waals surface area (Å²) in [5.74, 6) is 0.539. The fourth-order valence-corrected chi connectivity index (χ4v) is 4.25. The lowest BCUT2D eigenvalue weighted by Crippen LogP contribution is -2.50. The van der Waals surface area contributed by atoms with Crippen LogP contribution < -0.4 is 0 Å². The van der Waals surface area contributed by atoms with Crippen LogP contribution >= 0.6 is 0 Å². The molecular weight excluding hydrogens is 332 g/mol. The van der Waals surface area contributed by atoms with E-state index in [-0.39, 0.29) is 23.5 Å². The summed E-state index contributed by atoms with van der Waals surface area (Å²) in [6.45, 7) is 6.90. The zero-order valence-corrected chi connectivity index (χ0v) is 15.9. The zero-order valence-electron chi connectivity index (χ0n) is 15.9. The van der Waals surface area contributed by atoms with Crippen molar-refractivity contribution in [2.75, 3.05) is 26.2 Å². The number of rotatable bonds is 6. The van der Waals surface area contributed by atoms with Gasteiger partial charge in [-0.1, -0.05) is 0 Å². The van der Waals surface area contributed by atoms with Gasteiger partial charge in [-0.2, -0.15) is 0 Å². The molecule has 3 heterocycles. The fourth-order valence-electron chi connectivity index (χ4n) is 4.25. The first kappa shape index (κ1) is 19.0. The maximum Gasteiger partial charge on any atom is 0.289 e. The van der Waals surface area contributed by atoms with Crippen LogP contribution in [0.3, 0.4) is 0 Å². The van der Waals surface area contributed by atoms with Gasteiger partial charge in [-0.25, -0.2) is 0 Å². The molecule has 0 aliphatic carbocycles. The lowest BCUT2D eigenvalue weighted by molar-refractivity contribution is -0.132. The quantitative estimate of drug-likeness (QED) is 0.780. The van der Waals surface area contributed by atoms with E-state index in [0.29, 0.717) is 18.7 Å². The first-order valence-corrected chi connectivity index (χ1v) is 9.85. The number of hydrogen-bond acceptors (Lipinski definition) is 4. The monoisotopic (exact) mass is 362 g/mol. The number of hydrogen-bond donors (Lipinski definition) is 0. The van der Waals surface area contributed by atoms with Crippen LogP contribution in [0.25, 0.3) is 0 Å². The molecule has 1 spiro atoms. The number of carbonyl (C=O) groups excluding carboxylic acids is 2. The molecule has 0 unspecified atom stereocenters. The zero-order chi connectivity index (χ0) is 18.6. The van der Waals surface area contributed by atoms with E-state index in [1.807, 2.05) is 23.6 Å². The molecule has 0 N–H and O–H groups in total. The van der Waals surface area contributed by atoms with Crippen LogP contribution in [0.1, 0.15) is 62.9 Å². The van der Waals surface area contributed by atoms with Gasteiger partial charge in [0.1, 0.15) is 0 Å².